The third kappa shape index (κ3) is 3.90. The molecule has 5 atom stereocenters. The molecule has 4 unspecified atom stereocenters. The van der Waals surface area contributed by atoms with Gasteiger partial charge in [0.2, 0.25) is 0 Å². The Morgan fingerprint density at radius 3 is 2.62 bits per heavy atom. The number of carbonyl (C=O) groups excluding carboxylic acids is 2. The van der Waals surface area contributed by atoms with Crippen LogP contribution in [0.1, 0.15) is 30.6 Å². The van der Waals surface area contributed by atoms with Crippen molar-refractivity contribution in [3.8, 4) is 0 Å². The van der Waals surface area contributed by atoms with Crippen LogP contribution in [0.2, 0.25) is 0 Å². The summed E-state index contributed by atoms with van der Waals surface area (Å²) in [5, 5.41) is 20.3. The van der Waals surface area contributed by atoms with Crippen molar-refractivity contribution in [3.05, 3.63) is 28.4 Å². The highest BCUT2D eigenvalue weighted by Crippen LogP contribution is 2.28. The molecule has 11 heteroatoms. The SMILES string of the molecule is CC(C)[C@H](N)C(=O)OCC1OC(n2ccnc(C(N)=O)c2=O)C(O)C1O. The van der Waals surface area contributed by atoms with Crippen molar-refractivity contribution in [1.82, 2.24) is 9.55 Å². The fourth-order valence-corrected chi connectivity index (χ4v) is 2.42. The predicted molar refractivity (Wildman–Crippen MR) is 86.7 cm³/mol. The number of primary amides is 1. The van der Waals surface area contributed by atoms with Gasteiger partial charge in [0.1, 0.15) is 31.0 Å². The molecule has 6 N–H and O–H groups in total. The first-order valence-corrected chi connectivity index (χ1v) is 7.96. The minimum atomic E-state index is -1.50. The zero-order valence-electron chi connectivity index (χ0n) is 14.3. The summed E-state index contributed by atoms with van der Waals surface area (Å²) >= 11 is 0. The number of aliphatic hydroxyl groups excluding tert-OH is 2. The molecule has 0 aromatic carbocycles. The third-order valence-corrected chi connectivity index (χ3v) is 4.09. The molecule has 1 saturated heterocycles. The van der Waals surface area contributed by atoms with Crippen LogP contribution in [-0.4, -0.2) is 62.6 Å². The highest BCUT2D eigenvalue weighted by atomic mass is 16.6. The van der Waals surface area contributed by atoms with Gasteiger partial charge in [-0.15, -0.1) is 0 Å². The van der Waals surface area contributed by atoms with E-state index in [1.165, 1.54) is 6.20 Å². The molecular weight excluding hydrogens is 348 g/mol. The maximum atomic E-state index is 12.2. The van der Waals surface area contributed by atoms with E-state index in [4.69, 9.17) is 20.9 Å². The van der Waals surface area contributed by atoms with Crippen molar-refractivity contribution in [1.29, 1.82) is 0 Å². The van der Waals surface area contributed by atoms with Gasteiger partial charge in [0.05, 0.1) is 0 Å². The van der Waals surface area contributed by atoms with E-state index in [-0.39, 0.29) is 12.5 Å². The molecule has 2 rings (SSSR count). The van der Waals surface area contributed by atoms with Crippen molar-refractivity contribution in [3.63, 3.8) is 0 Å². The fourth-order valence-electron chi connectivity index (χ4n) is 2.42. The van der Waals surface area contributed by atoms with E-state index in [1.807, 2.05) is 0 Å². The van der Waals surface area contributed by atoms with Crippen molar-refractivity contribution in [2.45, 2.75) is 44.4 Å². The van der Waals surface area contributed by atoms with Crippen molar-refractivity contribution < 1.29 is 29.3 Å². The summed E-state index contributed by atoms with van der Waals surface area (Å²) < 4.78 is 11.3. The van der Waals surface area contributed by atoms with Crippen LogP contribution in [0.5, 0.6) is 0 Å². The Morgan fingerprint density at radius 2 is 2.04 bits per heavy atom. The topological polar surface area (TPSA) is 180 Å². The van der Waals surface area contributed by atoms with E-state index >= 15 is 0 Å². The summed E-state index contributed by atoms with van der Waals surface area (Å²) in [4.78, 5) is 38.8. The summed E-state index contributed by atoms with van der Waals surface area (Å²) in [7, 11) is 0. The monoisotopic (exact) mass is 370 g/mol. The number of aliphatic hydroxyl groups is 2. The van der Waals surface area contributed by atoms with E-state index < -0.39 is 53.7 Å². The zero-order chi connectivity index (χ0) is 19.6. The van der Waals surface area contributed by atoms with Gasteiger partial charge in [-0.05, 0) is 5.92 Å². The molecule has 0 aliphatic carbocycles. The molecule has 11 nitrogen and oxygen atoms in total. The van der Waals surface area contributed by atoms with Crippen LogP contribution in [0.25, 0.3) is 0 Å². The Hall–Kier alpha value is -2.34. The summed E-state index contributed by atoms with van der Waals surface area (Å²) in [6.45, 7) is 3.13. The maximum Gasteiger partial charge on any atom is 0.323 e. The van der Waals surface area contributed by atoms with E-state index in [2.05, 4.69) is 4.98 Å². The number of hydrogen-bond acceptors (Lipinski definition) is 9. The first-order valence-electron chi connectivity index (χ1n) is 7.96. The summed E-state index contributed by atoms with van der Waals surface area (Å²) in [5.41, 5.74) is 9.32. The average Bonchev–Trinajstić information content (AvgIpc) is 2.87. The first-order chi connectivity index (χ1) is 12.1. The van der Waals surface area contributed by atoms with Gasteiger partial charge in [-0.25, -0.2) is 4.98 Å². The van der Waals surface area contributed by atoms with Crippen LogP contribution in [-0.2, 0) is 14.3 Å². The number of rotatable bonds is 6. The number of nitrogens with zero attached hydrogens (tertiary/aromatic N) is 2. The Balaban J connectivity index is 2.13. The summed E-state index contributed by atoms with van der Waals surface area (Å²) in [6.07, 6.45) is -3.01. The largest absolute Gasteiger partial charge is 0.462 e. The molecule has 1 amide bonds. The Labute approximate surface area is 148 Å². The van der Waals surface area contributed by atoms with Crippen LogP contribution in [0.15, 0.2) is 17.2 Å². The number of carbonyl (C=O) groups is 2. The van der Waals surface area contributed by atoms with Gasteiger partial charge >= 0.3 is 5.97 Å². The Kier molecular flexibility index (Phi) is 6.08. The standard InChI is InChI=1S/C15H22N4O7/c1-6(2)8(16)15(24)25-5-7-10(20)11(21)14(26-7)19-4-3-18-9(12(17)22)13(19)23/h3-4,6-8,10-11,14,20-21H,5,16H2,1-2H3,(H2,17,22)/t7?,8-,10?,11?,14?/m0/s1. The van der Waals surface area contributed by atoms with Gasteiger partial charge in [0.25, 0.3) is 11.5 Å². The van der Waals surface area contributed by atoms with Crippen LogP contribution in [0.4, 0.5) is 0 Å². The maximum absolute atomic E-state index is 12.2. The van der Waals surface area contributed by atoms with Gasteiger partial charge in [-0.2, -0.15) is 0 Å². The molecule has 0 radical (unpaired) electrons. The van der Waals surface area contributed by atoms with Crippen LogP contribution in [0, 0.1) is 5.92 Å². The lowest BCUT2D eigenvalue weighted by molar-refractivity contribution is -0.152. The minimum Gasteiger partial charge on any atom is -0.462 e. The van der Waals surface area contributed by atoms with Crippen LogP contribution < -0.4 is 17.0 Å². The molecule has 2 heterocycles. The molecule has 26 heavy (non-hydrogen) atoms. The van der Waals surface area contributed by atoms with Gasteiger partial charge in [0, 0.05) is 12.4 Å². The average molecular weight is 370 g/mol. The number of aromatic nitrogens is 2. The number of amides is 1. The van der Waals surface area contributed by atoms with Gasteiger partial charge in [-0.3, -0.25) is 19.0 Å². The molecule has 1 aliphatic rings. The molecule has 0 saturated carbocycles. The molecule has 1 aliphatic heterocycles. The summed E-state index contributed by atoms with van der Waals surface area (Å²) in [6, 6.07) is -0.838. The van der Waals surface area contributed by atoms with E-state index in [0.717, 1.165) is 10.8 Å². The van der Waals surface area contributed by atoms with Crippen molar-refractivity contribution >= 4 is 11.9 Å². The van der Waals surface area contributed by atoms with Gasteiger partial charge < -0.3 is 31.2 Å². The third-order valence-electron chi connectivity index (χ3n) is 4.09. The predicted octanol–water partition coefficient (Wildman–Crippen LogP) is -2.51. The fraction of sp³-hybridized carbons (Fsp3) is 0.600. The van der Waals surface area contributed by atoms with Crippen LogP contribution >= 0.6 is 0 Å². The van der Waals surface area contributed by atoms with Gasteiger partial charge in [0.15, 0.2) is 11.9 Å². The molecule has 0 bridgehead atoms. The molecular formula is C15H22N4O7. The van der Waals surface area contributed by atoms with E-state index in [0.29, 0.717) is 0 Å². The van der Waals surface area contributed by atoms with Gasteiger partial charge in [-0.1, -0.05) is 13.8 Å². The van der Waals surface area contributed by atoms with E-state index in [9.17, 15) is 24.6 Å². The van der Waals surface area contributed by atoms with Crippen molar-refractivity contribution in [2.75, 3.05) is 6.61 Å². The first kappa shape index (κ1) is 20.0. The molecule has 144 valence electrons. The smallest absolute Gasteiger partial charge is 0.323 e. The second-order valence-electron chi connectivity index (χ2n) is 6.30. The highest BCUT2D eigenvalue weighted by Gasteiger charge is 2.45. The second-order valence-corrected chi connectivity index (χ2v) is 6.30. The Bertz CT molecular complexity index is 735. The second kappa shape index (κ2) is 7.91. The lowest BCUT2D eigenvalue weighted by atomic mass is 10.1. The quantitative estimate of drug-likeness (QED) is 0.393. The number of hydrogen-bond donors (Lipinski definition) is 4. The molecule has 1 aromatic heterocycles. The molecule has 1 fully saturated rings. The molecule has 1 aromatic rings. The number of esters is 1. The number of ether oxygens (including phenoxy) is 2. The Morgan fingerprint density at radius 1 is 1.38 bits per heavy atom. The molecule has 0 spiro atoms. The summed E-state index contributed by atoms with van der Waals surface area (Å²) in [5.74, 6) is -1.85. The van der Waals surface area contributed by atoms with Crippen LogP contribution in [0.3, 0.4) is 0 Å². The zero-order valence-corrected chi connectivity index (χ0v) is 14.3. The van der Waals surface area contributed by atoms with E-state index in [1.54, 1.807) is 13.8 Å². The normalized spacial score (nSPS) is 26.7. The highest BCUT2D eigenvalue weighted by molar-refractivity contribution is 5.90. The minimum absolute atomic E-state index is 0.141. The number of nitrogens with two attached hydrogens (primary N) is 2. The lowest BCUT2D eigenvalue weighted by Gasteiger charge is -2.18. The lowest BCUT2D eigenvalue weighted by Crippen LogP contribution is -2.40. The van der Waals surface area contributed by atoms with Crippen molar-refractivity contribution in [2.24, 2.45) is 17.4 Å².